The summed E-state index contributed by atoms with van der Waals surface area (Å²) in [5.74, 6) is 0.0644. The van der Waals surface area contributed by atoms with Crippen molar-refractivity contribution in [2.45, 2.75) is 19.8 Å². The van der Waals surface area contributed by atoms with Crippen LogP contribution in [0.4, 0.5) is 0 Å². The lowest BCUT2D eigenvalue weighted by Gasteiger charge is -2.16. The Bertz CT molecular complexity index is 151. The number of hydrogen-bond acceptors (Lipinski definition) is 3. The number of ether oxygens (including phenoxy) is 1. The van der Waals surface area contributed by atoms with Gasteiger partial charge >= 0.3 is 0 Å². The van der Waals surface area contributed by atoms with Crippen molar-refractivity contribution in [3.8, 4) is 0 Å². The van der Waals surface area contributed by atoms with Crippen LogP contribution in [0, 0.1) is 0 Å². The number of nitrogens with one attached hydrogen (secondary N) is 1. The van der Waals surface area contributed by atoms with Crippen LogP contribution in [0.15, 0.2) is 0 Å². The van der Waals surface area contributed by atoms with Gasteiger partial charge in [-0.25, -0.2) is 0 Å². The van der Waals surface area contributed by atoms with Crippen LogP contribution in [0.5, 0.6) is 0 Å². The largest absolute Gasteiger partial charge is 0.372 e. The number of rotatable bonds is 8. The summed E-state index contributed by atoms with van der Waals surface area (Å²) < 4.78 is 5.17. The SMILES string of the molecule is CCCOCC(=O)N(C)CCCNC. The first kappa shape index (κ1) is 13.4. The van der Waals surface area contributed by atoms with Gasteiger partial charge in [0.2, 0.25) is 5.91 Å². The van der Waals surface area contributed by atoms with Crippen LogP contribution in [0.3, 0.4) is 0 Å². The first-order valence-corrected chi connectivity index (χ1v) is 5.18. The maximum absolute atomic E-state index is 11.4. The Balaban J connectivity index is 3.44. The molecule has 14 heavy (non-hydrogen) atoms. The van der Waals surface area contributed by atoms with Crippen molar-refractivity contribution in [3.05, 3.63) is 0 Å². The molecule has 0 aliphatic rings. The molecule has 0 saturated heterocycles. The summed E-state index contributed by atoms with van der Waals surface area (Å²) in [4.78, 5) is 13.1. The Morgan fingerprint density at radius 3 is 2.79 bits per heavy atom. The minimum absolute atomic E-state index is 0.0644. The van der Waals surface area contributed by atoms with Gasteiger partial charge in [-0.15, -0.1) is 0 Å². The zero-order valence-electron chi connectivity index (χ0n) is 9.51. The van der Waals surface area contributed by atoms with Crippen LogP contribution < -0.4 is 5.32 Å². The molecule has 0 aliphatic heterocycles. The second-order valence-corrected chi connectivity index (χ2v) is 3.32. The quantitative estimate of drug-likeness (QED) is 0.582. The van der Waals surface area contributed by atoms with Crippen molar-refractivity contribution >= 4 is 5.91 Å². The molecule has 0 unspecified atom stereocenters. The van der Waals surface area contributed by atoms with Crippen LogP contribution in [0.25, 0.3) is 0 Å². The van der Waals surface area contributed by atoms with Crippen LogP contribution >= 0.6 is 0 Å². The van der Waals surface area contributed by atoms with Gasteiger partial charge in [0.1, 0.15) is 6.61 Å². The standard InChI is InChI=1S/C10H22N2O2/c1-4-8-14-9-10(13)12(3)7-5-6-11-2/h11H,4-9H2,1-3H3. The van der Waals surface area contributed by atoms with E-state index in [1.165, 1.54) is 0 Å². The van der Waals surface area contributed by atoms with Crippen molar-refractivity contribution in [3.63, 3.8) is 0 Å². The van der Waals surface area contributed by atoms with Gasteiger partial charge in [0.05, 0.1) is 0 Å². The van der Waals surface area contributed by atoms with E-state index in [2.05, 4.69) is 5.32 Å². The molecule has 0 aromatic heterocycles. The molecule has 0 heterocycles. The lowest BCUT2D eigenvalue weighted by Crippen LogP contribution is -2.32. The van der Waals surface area contributed by atoms with E-state index in [0.29, 0.717) is 6.61 Å². The smallest absolute Gasteiger partial charge is 0.248 e. The monoisotopic (exact) mass is 202 g/mol. The molecule has 4 heteroatoms. The fourth-order valence-corrected chi connectivity index (χ4v) is 1.03. The first-order chi connectivity index (χ1) is 6.72. The summed E-state index contributed by atoms with van der Waals surface area (Å²) in [6.07, 6.45) is 1.93. The maximum Gasteiger partial charge on any atom is 0.248 e. The van der Waals surface area contributed by atoms with Crippen molar-refractivity contribution in [2.75, 3.05) is 40.4 Å². The van der Waals surface area contributed by atoms with Gasteiger partial charge in [-0.1, -0.05) is 6.92 Å². The minimum Gasteiger partial charge on any atom is -0.372 e. The molecule has 0 atom stereocenters. The van der Waals surface area contributed by atoms with Gasteiger partial charge in [0, 0.05) is 20.2 Å². The van der Waals surface area contributed by atoms with Gasteiger partial charge in [0.15, 0.2) is 0 Å². The van der Waals surface area contributed by atoms with E-state index >= 15 is 0 Å². The average Bonchev–Trinajstić information content (AvgIpc) is 2.18. The Hall–Kier alpha value is -0.610. The van der Waals surface area contributed by atoms with Crippen LogP contribution in [-0.4, -0.2) is 51.2 Å². The molecule has 0 aromatic rings. The Morgan fingerprint density at radius 1 is 1.50 bits per heavy atom. The molecule has 84 valence electrons. The molecule has 0 saturated carbocycles. The molecule has 0 rings (SSSR count). The predicted molar refractivity (Wildman–Crippen MR) is 57.3 cm³/mol. The fraction of sp³-hybridized carbons (Fsp3) is 0.900. The summed E-state index contributed by atoms with van der Waals surface area (Å²) in [5, 5.41) is 3.05. The third kappa shape index (κ3) is 6.86. The van der Waals surface area contributed by atoms with Crippen molar-refractivity contribution in [1.82, 2.24) is 10.2 Å². The van der Waals surface area contributed by atoms with E-state index in [-0.39, 0.29) is 12.5 Å². The van der Waals surface area contributed by atoms with Gasteiger partial charge in [-0.2, -0.15) is 0 Å². The van der Waals surface area contributed by atoms with Gasteiger partial charge < -0.3 is 15.0 Å². The molecule has 4 nitrogen and oxygen atoms in total. The molecule has 1 amide bonds. The van der Waals surface area contributed by atoms with Crippen LogP contribution in [-0.2, 0) is 9.53 Å². The van der Waals surface area contributed by atoms with E-state index < -0.39 is 0 Å². The number of nitrogens with zero attached hydrogens (tertiary/aromatic N) is 1. The fourth-order valence-electron chi connectivity index (χ4n) is 1.03. The van der Waals surface area contributed by atoms with E-state index in [1.54, 1.807) is 4.90 Å². The van der Waals surface area contributed by atoms with E-state index in [9.17, 15) is 4.79 Å². The number of amides is 1. The highest BCUT2D eigenvalue weighted by Crippen LogP contribution is 1.90. The van der Waals surface area contributed by atoms with Crippen molar-refractivity contribution < 1.29 is 9.53 Å². The zero-order chi connectivity index (χ0) is 10.8. The molecule has 0 bridgehead atoms. The highest BCUT2D eigenvalue weighted by Gasteiger charge is 2.07. The Kier molecular flexibility index (Phi) is 8.57. The molecule has 0 aliphatic carbocycles. The molecule has 0 radical (unpaired) electrons. The summed E-state index contributed by atoms with van der Waals surface area (Å²) in [6.45, 7) is 4.63. The Labute approximate surface area is 86.6 Å². The second kappa shape index (κ2) is 8.97. The van der Waals surface area contributed by atoms with Crippen LogP contribution in [0.2, 0.25) is 0 Å². The van der Waals surface area contributed by atoms with E-state index in [4.69, 9.17) is 4.74 Å². The lowest BCUT2D eigenvalue weighted by molar-refractivity contribution is -0.134. The molecule has 0 fully saturated rings. The molecular weight excluding hydrogens is 180 g/mol. The maximum atomic E-state index is 11.4. The summed E-state index contributed by atoms with van der Waals surface area (Å²) in [6, 6.07) is 0. The summed E-state index contributed by atoms with van der Waals surface area (Å²) in [5.41, 5.74) is 0. The van der Waals surface area contributed by atoms with Gasteiger partial charge in [-0.05, 0) is 26.4 Å². The topological polar surface area (TPSA) is 41.6 Å². The number of carbonyl (C=O) groups is 1. The van der Waals surface area contributed by atoms with Crippen molar-refractivity contribution in [2.24, 2.45) is 0 Å². The zero-order valence-corrected chi connectivity index (χ0v) is 9.51. The molecule has 1 N–H and O–H groups in total. The highest BCUT2D eigenvalue weighted by molar-refractivity contribution is 5.77. The first-order valence-electron chi connectivity index (χ1n) is 5.18. The third-order valence-corrected chi connectivity index (χ3v) is 1.92. The van der Waals surface area contributed by atoms with Gasteiger partial charge in [-0.3, -0.25) is 4.79 Å². The second-order valence-electron chi connectivity index (χ2n) is 3.32. The number of likely N-dealkylation sites (N-methyl/N-ethyl adjacent to an activating group) is 1. The van der Waals surface area contributed by atoms with E-state index in [1.807, 2.05) is 21.0 Å². The van der Waals surface area contributed by atoms with Gasteiger partial charge in [0.25, 0.3) is 0 Å². The lowest BCUT2D eigenvalue weighted by atomic mass is 10.4. The number of hydrogen-bond donors (Lipinski definition) is 1. The highest BCUT2D eigenvalue weighted by atomic mass is 16.5. The third-order valence-electron chi connectivity index (χ3n) is 1.92. The minimum atomic E-state index is 0.0644. The number of carbonyl (C=O) groups excluding carboxylic acids is 1. The van der Waals surface area contributed by atoms with Crippen molar-refractivity contribution in [1.29, 1.82) is 0 Å². The Morgan fingerprint density at radius 2 is 2.21 bits per heavy atom. The van der Waals surface area contributed by atoms with Crippen LogP contribution in [0.1, 0.15) is 19.8 Å². The molecular formula is C10H22N2O2. The average molecular weight is 202 g/mol. The summed E-state index contributed by atoms with van der Waals surface area (Å²) in [7, 11) is 3.72. The normalized spacial score (nSPS) is 10.2. The molecule has 0 aromatic carbocycles. The van der Waals surface area contributed by atoms with E-state index in [0.717, 1.165) is 25.9 Å². The predicted octanol–water partition coefficient (Wildman–Crippen LogP) is 0.481. The molecule has 0 spiro atoms. The summed E-state index contributed by atoms with van der Waals surface area (Å²) >= 11 is 0.